The van der Waals surface area contributed by atoms with Crippen molar-refractivity contribution in [2.75, 3.05) is 4.90 Å². The molecule has 0 radical (unpaired) electrons. The minimum atomic E-state index is 0.894. The summed E-state index contributed by atoms with van der Waals surface area (Å²) in [5.74, 6) is 0. The summed E-state index contributed by atoms with van der Waals surface area (Å²) in [6.45, 7) is 0. The molecular weight excluding hydrogens is 775 g/mol. The minimum absolute atomic E-state index is 0.894. The van der Waals surface area contributed by atoms with E-state index in [1.807, 2.05) is 6.07 Å². The van der Waals surface area contributed by atoms with Crippen LogP contribution in [-0.4, -0.2) is 0 Å². The number of hydrogen-bond acceptors (Lipinski definition) is 2. The second kappa shape index (κ2) is 15.8. The fourth-order valence-corrected chi connectivity index (χ4v) is 9.56. The number of benzene rings is 11. The van der Waals surface area contributed by atoms with Gasteiger partial charge < -0.3 is 9.32 Å². The smallest absolute Gasteiger partial charge is 0.136 e. The zero-order chi connectivity index (χ0) is 42.4. The highest BCUT2D eigenvalue weighted by Crippen LogP contribution is 2.46. The summed E-state index contributed by atoms with van der Waals surface area (Å²) in [4.78, 5) is 2.40. The van der Waals surface area contributed by atoms with Crippen LogP contribution in [0.25, 0.3) is 99.1 Å². The first-order chi connectivity index (χ1) is 31.7. The first kappa shape index (κ1) is 37.3. The molecule has 0 aliphatic carbocycles. The van der Waals surface area contributed by atoms with Gasteiger partial charge in [-0.3, -0.25) is 0 Å². The van der Waals surface area contributed by atoms with Gasteiger partial charge in [0.1, 0.15) is 11.2 Å². The molecule has 1 aromatic heterocycles. The van der Waals surface area contributed by atoms with Crippen LogP contribution in [0.15, 0.2) is 253 Å². The van der Waals surface area contributed by atoms with Gasteiger partial charge in [0.25, 0.3) is 0 Å². The molecule has 0 amide bonds. The van der Waals surface area contributed by atoms with E-state index in [0.717, 1.165) is 61.3 Å². The summed E-state index contributed by atoms with van der Waals surface area (Å²) in [6, 6.07) is 89.6. The topological polar surface area (TPSA) is 16.4 Å². The van der Waals surface area contributed by atoms with E-state index in [2.05, 4.69) is 248 Å². The monoisotopic (exact) mass is 815 g/mol. The Bertz CT molecular complexity index is 3640. The Morgan fingerprint density at radius 2 is 0.812 bits per heavy atom. The molecule has 12 aromatic rings. The van der Waals surface area contributed by atoms with Gasteiger partial charge in [-0.05, 0) is 126 Å². The number of hydrogen-bond donors (Lipinski definition) is 0. The molecule has 0 fully saturated rings. The van der Waals surface area contributed by atoms with Crippen molar-refractivity contribution >= 4 is 60.5 Å². The molecule has 2 heteroatoms. The summed E-state index contributed by atoms with van der Waals surface area (Å²) in [6.07, 6.45) is 0. The van der Waals surface area contributed by atoms with E-state index in [4.69, 9.17) is 4.42 Å². The van der Waals surface area contributed by atoms with Crippen molar-refractivity contribution in [3.05, 3.63) is 249 Å². The quantitative estimate of drug-likeness (QED) is 0.152. The number of fused-ring (bicyclic) bond motifs is 6. The van der Waals surface area contributed by atoms with Crippen molar-refractivity contribution in [3.8, 4) is 55.6 Å². The maximum Gasteiger partial charge on any atom is 0.136 e. The summed E-state index contributed by atoms with van der Waals surface area (Å²) in [5.41, 5.74) is 16.8. The summed E-state index contributed by atoms with van der Waals surface area (Å²) >= 11 is 0. The van der Waals surface area contributed by atoms with Gasteiger partial charge in [-0.25, -0.2) is 0 Å². The second-order valence-electron chi connectivity index (χ2n) is 16.4. The Balaban J connectivity index is 0.998. The molecule has 12 rings (SSSR count). The largest absolute Gasteiger partial charge is 0.456 e. The lowest BCUT2D eigenvalue weighted by Crippen LogP contribution is -2.11. The maximum atomic E-state index is 6.58. The fraction of sp³-hybridized carbons (Fsp3) is 0. The third-order valence-electron chi connectivity index (χ3n) is 12.7. The van der Waals surface area contributed by atoms with Crippen LogP contribution in [0, 0.1) is 0 Å². The molecule has 1 heterocycles. The van der Waals surface area contributed by atoms with E-state index in [1.54, 1.807) is 0 Å². The molecule has 11 aromatic carbocycles. The van der Waals surface area contributed by atoms with Crippen LogP contribution in [0.4, 0.5) is 17.1 Å². The molecule has 0 atom stereocenters. The Hall–Kier alpha value is -8.46. The van der Waals surface area contributed by atoms with Gasteiger partial charge in [0.15, 0.2) is 0 Å². The zero-order valence-electron chi connectivity index (χ0n) is 35.0. The zero-order valence-corrected chi connectivity index (χ0v) is 35.0. The van der Waals surface area contributed by atoms with Crippen molar-refractivity contribution < 1.29 is 4.42 Å². The number of furan rings is 1. The number of nitrogens with zero attached hydrogens (tertiary/aromatic N) is 1. The van der Waals surface area contributed by atoms with E-state index >= 15 is 0 Å². The lowest BCUT2D eigenvalue weighted by Gasteiger charge is -2.29. The normalized spacial score (nSPS) is 11.4. The molecule has 0 N–H and O–H groups in total. The van der Waals surface area contributed by atoms with E-state index in [1.165, 1.54) is 54.9 Å². The predicted octanol–water partition coefficient (Wildman–Crippen LogP) is 17.7. The SMILES string of the molecule is c1ccc(-c2ccc(N(c3ccc(-c4ccc5c(-c6ccc7ccccc7c6)cc6oc7ccccc7c6c5c4)cc3)c3ccccc3-c3ccccc3-c3ccccc3)cc2)cc1. The van der Waals surface area contributed by atoms with Gasteiger partial charge in [-0.15, -0.1) is 0 Å². The average Bonchev–Trinajstić information content (AvgIpc) is 3.76. The van der Waals surface area contributed by atoms with Gasteiger partial charge in [0, 0.05) is 27.7 Å². The van der Waals surface area contributed by atoms with Crippen LogP contribution < -0.4 is 4.90 Å². The van der Waals surface area contributed by atoms with Crippen LogP contribution in [0.3, 0.4) is 0 Å². The number of rotatable bonds is 8. The molecule has 0 aliphatic rings. The molecule has 64 heavy (non-hydrogen) atoms. The third kappa shape index (κ3) is 6.61. The van der Waals surface area contributed by atoms with E-state index in [9.17, 15) is 0 Å². The Kier molecular flexibility index (Phi) is 9.20. The second-order valence-corrected chi connectivity index (χ2v) is 16.4. The van der Waals surface area contributed by atoms with Crippen LogP contribution >= 0.6 is 0 Å². The van der Waals surface area contributed by atoms with Crippen LogP contribution in [0.5, 0.6) is 0 Å². The fourth-order valence-electron chi connectivity index (χ4n) is 9.56. The highest BCUT2D eigenvalue weighted by molar-refractivity contribution is 6.23. The highest BCUT2D eigenvalue weighted by Gasteiger charge is 2.20. The van der Waals surface area contributed by atoms with Crippen molar-refractivity contribution in [3.63, 3.8) is 0 Å². The van der Waals surface area contributed by atoms with Crippen LogP contribution in [-0.2, 0) is 0 Å². The molecule has 0 saturated heterocycles. The van der Waals surface area contributed by atoms with Gasteiger partial charge in [0.2, 0.25) is 0 Å². The average molecular weight is 816 g/mol. The molecule has 0 bridgehead atoms. The van der Waals surface area contributed by atoms with Crippen LogP contribution in [0.2, 0.25) is 0 Å². The molecule has 0 saturated carbocycles. The number of anilines is 3. The summed E-state index contributed by atoms with van der Waals surface area (Å²) < 4.78 is 6.58. The lowest BCUT2D eigenvalue weighted by atomic mass is 9.91. The van der Waals surface area contributed by atoms with Crippen LogP contribution in [0.1, 0.15) is 0 Å². The van der Waals surface area contributed by atoms with Gasteiger partial charge in [-0.2, -0.15) is 0 Å². The van der Waals surface area contributed by atoms with Crippen molar-refractivity contribution in [2.24, 2.45) is 0 Å². The lowest BCUT2D eigenvalue weighted by molar-refractivity contribution is 0.669. The van der Waals surface area contributed by atoms with E-state index in [0.29, 0.717) is 0 Å². The Morgan fingerprint density at radius 3 is 1.56 bits per heavy atom. The Labute approximate surface area is 372 Å². The standard InChI is InChI=1S/C62H41NO/c1-3-15-42(16-4-1)44-29-34-50(35-30-44)63(59-25-13-11-23-55(59)53-22-10-9-21-52(53)46-18-5-2-6-19-46)51-36-31-45(32-37-51)48-33-38-54-57(49-28-27-43-17-7-8-20-47(43)39-49)41-61-62(58(54)40-48)56-24-12-14-26-60(56)64-61/h1-41H. The third-order valence-corrected chi connectivity index (χ3v) is 12.7. The van der Waals surface area contributed by atoms with E-state index < -0.39 is 0 Å². The van der Waals surface area contributed by atoms with Gasteiger partial charge >= 0.3 is 0 Å². The van der Waals surface area contributed by atoms with Crippen molar-refractivity contribution in [2.45, 2.75) is 0 Å². The van der Waals surface area contributed by atoms with Crippen molar-refractivity contribution in [1.29, 1.82) is 0 Å². The van der Waals surface area contributed by atoms with E-state index in [-0.39, 0.29) is 0 Å². The Morgan fingerprint density at radius 1 is 0.266 bits per heavy atom. The minimum Gasteiger partial charge on any atom is -0.456 e. The first-order valence-electron chi connectivity index (χ1n) is 21.9. The van der Waals surface area contributed by atoms with Crippen molar-refractivity contribution in [1.82, 2.24) is 0 Å². The highest BCUT2D eigenvalue weighted by atomic mass is 16.3. The maximum absolute atomic E-state index is 6.58. The molecule has 0 unspecified atom stereocenters. The van der Waals surface area contributed by atoms with Gasteiger partial charge in [-0.1, -0.05) is 194 Å². The molecule has 0 spiro atoms. The predicted molar refractivity (Wildman–Crippen MR) is 271 cm³/mol. The molecule has 2 nitrogen and oxygen atoms in total. The molecule has 300 valence electrons. The van der Waals surface area contributed by atoms with Gasteiger partial charge in [0.05, 0.1) is 5.69 Å². The molecular formula is C62H41NO. The summed E-state index contributed by atoms with van der Waals surface area (Å²) in [7, 11) is 0. The first-order valence-corrected chi connectivity index (χ1v) is 21.9. The number of para-hydroxylation sites is 2. The molecule has 0 aliphatic heterocycles. The summed E-state index contributed by atoms with van der Waals surface area (Å²) in [5, 5.41) is 7.10.